The number of benzene rings is 2. The summed E-state index contributed by atoms with van der Waals surface area (Å²) in [7, 11) is 1.36. The maximum absolute atomic E-state index is 13.8. The lowest BCUT2D eigenvalue weighted by atomic mass is 10.1. The smallest absolute Gasteiger partial charge is 0.416 e. The minimum absolute atomic E-state index is 0.174. The number of halogens is 4. The second-order valence-corrected chi connectivity index (χ2v) is 4.27. The van der Waals surface area contributed by atoms with Gasteiger partial charge in [-0.2, -0.15) is 13.2 Å². The molecule has 0 aliphatic heterocycles. The molecule has 0 N–H and O–H groups in total. The van der Waals surface area contributed by atoms with E-state index in [4.69, 9.17) is 9.47 Å². The van der Waals surface area contributed by atoms with Gasteiger partial charge in [0.05, 0.1) is 18.2 Å². The molecule has 0 aliphatic carbocycles. The molecule has 0 saturated heterocycles. The molecule has 0 aromatic heterocycles. The number of hydrogen-bond donors (Lipinski definition) is 0. The Balaban J connectivity index is 2.35. The molecule has 2 aromatic carbocycles. The second-order valence-electron chi connectivity index (χ2n) is 4.27. The van der Waals surface area contributed by atoms with Crippen molar-refractivity contribution in [3.8, 4) is 17.2 Å². The zero-order valence-corrected chi connectivity index (χ0v) is 11.3. The van der Waals surface area contributed by atoms with E-state index in [0.29, 0.717) is 6.07 Å². The predicted octanol–water partition coefficient (Wildman–Crippen LogP) is 4.46. The Morgan fingerprint density at radius 2 is 1.73 bits per heavy atom. The molecule has 0 atom stereocenters. The van der Waals surface area contributed by atoms with Gasteiger partial charge in [-0.3, -0.25) is 4.79 Å². The number of alkyl halides is 3. The fourth-order valence-electron chi connectivity index (χ4n) is 1.72. The van der Waals surface area contributed by atoms with E-state index in [1.807, 2.05) is 0 Å². The molecule has 2 aromatic rings. The summed E-state index contributed by atoms with van der Waals surface area (Å²) < 4.78 is 61.5. The second kappa shape index (κ2) is 6.05. The van der Waals surface area contributed by atoms with Gasteiger partial charge in [0.2, 0.25) is 0 Å². The Labute approximate surface area is 123 Å². The number of carbonyl (C=O) groups is 1. The third kappa shape index (κ3) is 3.36. The first-order valence-electron chi connectivity index (χ1n) is 6.03. The molecule has 0 amide bonds. The van der Waals surface area contributed by atoms with Crippen molar-refractivity contribution in [2.45, 2.75) is 6.18 Å². The Morgan fingerprint density at radius 3 is 2.27 bits per heavy atom. The van der Waals surface area contributed by atoms with Gasteiger partial charge < -0.3 is 9.47 Å². The molecule has 0 heterocycles. The van der Waals surface area contributed by atoms with Crippen molar-refractivity contribution in [1.82, 2.24) is 0 Å². The van der Waals surface area contributed by atoms with Crippen molar-refractivity contribution in [3.05, 3.63) is 53.3 Å². The molecule has 0 saturated carbocycles. The number of carbonyl (C=O) groups excluding carboxylic acids is 1. The van der Waals surface area contributed by atoms with Gasteiger partial charge in [0.25, 0.3) is 0 Å². The Morgan fingerprint density at radius 1 is 1.05 bits per heavy atom. The molecular weight excluding hydrogens is 304 g/mol. The molecular formula is C15H10F4O3. The standard InChI is InChI=1S/C15H10F4O3/c1-21-11-3-5-14(12(16)7-11)22-13-4-2-10(15(17,18)19)6-9(13)8-20/h2-8H,1H3. The summed E-state index contributed by atoms with van der Waals surface area (Å²) in [6, 6.07) is 6.09. The van der Waals surface area contributed by atoms with E-state index in [1.165, 1.54) is 19.2 Å². The van der Waals surface area contributed by atoms with Gasteiger partial charge in [0, 0.05) is 6.07 Å². The van der Waals surface area contributed by atoms with Crippen molar-refractivity contribution in [2.75, 3.05) is 7.11 Å². The molecule has 3 nitrogen and oxygen atoms in total. The van der Waals surface area contributed by atoms with Gasteiger partial charge in [-0.1, -0.05) is 0 Å². The molecule has 0 fully saturated rings. The van der Waals surface area contributed by atoms with E-state index >= 15 is 0 Å². The Bertz CT molecular complexity index is 696. The Hall–Kier alpha value is -2.57. The highest BCUT2D eigenvalue weighted by molar-refractivity contribution is 5.80. The highest BCUT2D eigenvalue weighted by Crippen LogP contribution is 2.34. The zero-order valence-electron chi connectivity index (χ0n) is 11.3. The summed E-state index contributed by atoms with van der Waals surface area (Å²) in [5, 5.41) is 0. The van der Waals surface area contributed by atoms with Gasteiger partial charge in [-0.05, 0) is 30.3 Å². The van der Waals surface area contributed by atoms with E-state index < -0.39 is 17.6 Å². The normalized spacial score (nSPS) is 11.1. The van der Waals surface area contributed by atoms with Crippen molar-refractivity contribution < 1.29 is 31.8 Å². The van der Waals surface area contributed by atoms with E-state index in [2.05, 4.69) is 0 Å². The van der Waals surface area contributed by atoms with Crippen LogP contribution in [0.1, 0.15) is 15.9 Å². The van der Waals surface area contributed by atoms with Crippen LogP contribution >= 0.6 is 0 Å². The average molecular weight is 314 g/mol. The van der Waals surface area contributed by atoms with Crippen LogP contribution in [0.2, 0.25) is 0 Å². The SMILES string of the molecule is COc1ccc(Oc2ccc(C(F)(F)F)cc2C=O)c(F)c1. The topological polar surface area (TPSA) is 35.5 Å². The first-order chi connectivity index (χ1) is 10.3. The van der Waals surface area contributed by atoms with E-state index in [1.54, 1.807) is 0 Å². The molecule has 0 radical (unpaired) electrons. The fraction of sp³-hybridized carbons (Fsp3) is 0.133. The number of ether oxygens (including phenoxy) is 2. The lowest BCUT2D eigenvalue weighted by Gasteiger charge is -2.12. The van der Waals surface area contributed by atoms with E-state index in [-0.39, 0.29) is 29.1 Å². The molecule has 0 unspecified atom stereocenters. The quantitative estimate of drug-likeness (QED) is 0.617. The van der Waals surface area contributed by atoms with Crippen molar-refractivity contribution in [3.63, 3.8) is 0 Å². The van der Waals surface area contributed by atoms with E-state index in [9.17, 15) is 22.4 Å². The van der Waals surface area contributed by atoms with Crippen LogP contribution in [0.4, 0.5) is 17.6 Å². The third-order valence-corrected chi connectivity index (χ3v) is 2.82. The van der Waals surface area contributed by atoms with Crippen LogP contribution in [-0.4, -0.2) is 13.4 Å². The summed E-state index contributed by atoms with van der Waals surface area (Å²) in [4.78, 5) is 10.9. The molecule has 2 rings (SSSR count). The van der Waals surface area contributed by atoms with Crippen molar-refractivity contribution in [1.29, 1.82) is 0 Å². The van der Waals surface area contributed by atoms with Crippen LogP contribution in [0, 0.1) is 5.82 Å². The van der Waals surface area contributed by atoms with E-state index in [0.717, 1.165) is 18.2 Å². The first kappa shape index (κ1) is 15.8. The zero-order chi connectivity index (χ0) is 16.3. The molecule has 0 bridgehead atoms. The molecule has 116 valence electrons. The number of hydrogen-bond acceptors (Lipinski definition) is 3. The first-order valence-corrected chi connectivity index (χ1v) is 6.03. The molecule has 0 aliphatic rings. The van der Waals surface area contributed by atoms with Gasteiger partial charge in [-0.25, -0.2) is 4.39 Å². The highest BCUT2D eigenvalue weighted by atomic mass is 19.4. The highest BCUT2D eigenvalue weighted by Gasteiger charge is 2.31. The molecule has 22 heavy (non-hydrogen) atoms. The largest absolute Gasteiger partial charge is 0.497 e. The maximum atomic E-state index is 13.8. The Kier molecular flexibility index (Phi) is 4.35. The van der Waals surface area contributed by atoms with Crippen LogP contribution in [-0.2, 0) is 6.18 Å². The van der Waals surface area contributed by atoms with Gasteiger partial charge >= 0.3 is 6.18 Å². The number of rotatable bonds is 4. The molecule has 0 spiro atoms. The van der Waals surface area contributed by atoms with Crippen LogP contribution in [0.25, 0.3) is 0 Å². The lowest BCUT2D eigenvalue weighted by molar-refractivity contribution is -0.137. The molecule has 7 heteroatoms. The van der Waals surface area contributed by atoms with Crippen LogP contribution < -0.4 is 9.47 Å². The van der Waals surface area contributed by atoms with Crippen LogP contribution in [0.3, 0.4) is 0 Å². The summed E-state index contributed by atoms with van der Waals surface area (Å²) in [5.41, 5.74) is -1.32. The van der Waals surface area contributed by atoms with Crippen molar-refractivity contribution >= 4 is 6.29 Å². The average Bonchev–Trinajstić information content (AvgIpc) is 2.48. The van der Waals surface area contributed by atoms with Crippen LogP contribution in [0.5, 0.6) is 17.2 Å². The van der Waals surface area contributed by atoms with Gasteiger partial charge in [-0.15, -0.1) is 0 Å². The predicted molar refractivity (Wildman–Crippen MR) is 69.9 cm³/mol. The lowest BCUT2D eigenvalue weighted by Crippen LogP contribution is -2.06. The summed E-state index contributed by atoms with van der Waals surface area (Å²) in [6.07, 6.45) is -4.37. The number of aldehydes is 1. The minimum Gasteiger partial charge on any atom is -0.497 e. The monoisotopic (exact) mass is 314 g/mol. The number of methoxy groups -OCH3 is 1. The third-order valence-electron chi connectivity index (χ3n) is 2.82. The summed E-state index contributed by atoms with van der Waals surface area (Å²) in [5.74, 6) is -0.917. The van der Waals surface area contributed by atoms with Gasteiger partial charge in [0.15, 0.2) is 17.9 Å². The fourth-order valence-corrected chi connectivity index (χ4v) is 1.72. The van der Waals surface area contributed by atoms with Gasteiger partial charge in [0.1, 0.15) is 11.5 Å². The summed E-state index contributed by atoms with van der Waals surface area (Å²) in [6.45, 7) is 0. The summed E-state index contributed by atoms with van der Waals surface area (Å²) >= 11 is 0. The van der Waals surface area contributed by atoms with Crippen LogP contribution in [0.15, 0.2) is 36.4 Å². The minimum atomic E-state index is -4.58. The van der Waals surface area contributed by atoms with Crippen molar-refractivity contribution in [2.24, 2.45) is 0 Å². The maximum Gasteiger partial charge on any atom is 0.416 e.